The number of aliphatic hydroxyl groups is 1. The van der Waals surface area contributed by atoms with Crippen molar-refractivity contribution >= 4 is 11.0 Å². The van der Waals surface area contributed by atoms with Gasteiger partial charge in [0.25, 0.3) is 0 Å². The summed E-state index contributed by atoms with van der Waals surface area (Å²) in [5, 5.41) is 14.7. The van der Waals surface area contributed by atoms with E-state index in [-0.39, 0.29) is 0 Å². The first-order chi connectivity index (χ1) is 10.1. The number of rotatable bonds is 4. The van der Waals surface area contributed by atoms with Crippen LogP contribution in [0, 0.1) is 6.92 Å². The molecule has 21 heavy (non-hydrogen) atoms. The summed E-state index contributed by atoms with van der Waals surface area (Å²) < 4.78 is 3.94. The van der Waals surface area contributed by atoms with Crippen LogP contribution in [-0.2, 0) is 20.0 Å². The lowest BCUT2D eigenvalue weighted by Gasteiger charge is -2.11. The van der Waals surface area contributed by atoms with Gasteiger partial charge in [0, 0.05) is 31.3 Å². The average Bonchev–Trinajstić information content (AvgIpc) is 2.99. The molecule has 2 aromatic heterocycles. The zero-order valence-corrected chi connectivity index (χ0v) is 12.6. The van der Waals surface area contributed by atoms with Crippen molar-refractivity contribution in [1.29, 1.82) is 0 Å². The Morgan fingerprint density at radius 2 is 2.05 bits per heavy atom. The molecule has 5 nitrogen and oxygen atoms in total. The molecular weight excluding hydrogens is 264 g/mol. The Morgan fingerprint density at radius 1 is 1.29 bits per heavy atom. The molecule has 0 aliphatic rings. The molecule has 110 valence electrons. The number of aryl methyl sites for hydroxylation is 2. The van der Waals surface area contributed by atoms with Crippen molar-refractivity contribution in [3.8, 4) is 0 Å². The highest BCUT2D eigenvalue weighted by atomic mass is 16.3. The molecule has 0 aliphatic heterocycles. The van der Waals surface area contributed by atoms with Crippen molar-refractivity contribution in [2.24, 2.45) is 7.05 Å². The maximum atomic E-state index is 10.5. The van der Waals surface area contributed by atoms with E-state index in [9.17, 15) is 5.11 Å². The van der Waals surface area contributed by atoms with Crippen molar-refractivity contribution < 1.29 is 5.11 Å². The lowest BCUT2D eigenvalue weighted by atomic mass is 10.1. The third-order valence-electron chi connectivity index (χ3n) is 4.06. The van der Waals surface area contributed by atoms with Crippen LogP contribution in [0.1, 0.15) is 30.1 Å². The Hall–Kier alpha value is -2.14. The molecule has 3 aromatic rings. The molecule has 2 heterocycles. The molecule has 0 aliphatic carbocycles. The second-order valence-electron chi connectivity index (χ2n) is 5.29. The monoisotopic (exact) mass is 284 g/mol. The number of nitrogens with zero attached hydrogens (tertiary/aromatic N) is 4. The first-order valence-electron chi connectivity index (χ1n) is 7.22. The van der Waals surface area contributed by atoms with Crippen LogP contribution in [-0.4, -0.2) is 24.4 Å². The number of benzene rings is 1. The third-order valence-corrected chi connectivity index (χ3v) is 4.06. The number of fused-ring (bicyclic) bond motifs is 1. The van der Waals surface area contributed by atoms with Crippen molar-refractivity contribution in [2.45, 2.75) is 32.9 Å². The Labute approximate surface area is 123 Å². The molecule has 0 fully saturated rings. The van der Waals surface area contributed by atoms with Crippen LogP contribution in [0.4, 0.5) is 0 Å². The highest BCUT2D eigenvalue weighted by Crippen LogP contribution is 2.23. The molecular formula is C16H20N4O. The van der Waals surface area contributed by atoms with E-state index in [0.717, 1.165) is 34.7 Å². The Kier molecular flexibility index (Phi) is 3.51. The summed E-state index contributed by atoms with van der Waals surface area (Å²) in [6.45, 7) is 4.91. The lowest BCUT2D eigenvalue weighted by molar-refractivity contribution is 0.174. The summed E-state index contributed by atoms with van der Waals surface area (Å²) >= 11 is 0. The maximum absolute atomic E-state index is 10.5. The third kappa shape index (κ3) is 2.34. The van der Waals surface area contributed by atoms with Crippen molar-refractivity contribution in [3.05, 3.63) is 47.5 Å². The van der Waals surface area contributed by atoms with Gasteiger partial charge in [-0.25, -0.2) is 4.98 Å². The Bertz CT molecular complexity index is 772. The first-order valence-corrected chi connectivity index (χ1v) is 7.22. The maximum Gasteiger partial charge on any atom is 0.112 e. The van der Waals surface area contributed by atoms with Crippen LogP contribution in [0.3, 0.4) is 0 Å². The molecule has 1 N–H and O–H groups in total. The molecule has 0 amide bonds. The summed E-state index contributed by atoms with van der Waals surface area (Å²) in [7, 11) is 1.88. The van der Waals surface area contributed by atoms with E-state index < -0.39 is 6.10 Å². The Balaban J connectivity index is 1.96. The van der Waals surface area contributed by atoms with E-state index in [2.05, 4.69) is 27.6 Å². The van der Waals surface area contributed by atoms with Gasteiger partial charge in [0.15, 0.2) is 0 Å². The van der Waals surface area contributed by atoms with Gasteiger partial charge in [-0.3, -0.25) is 4.68 Å². The van der Waals surface area contributed by atoms with Crippen LogP contribution in [0.5, 0.6) is 0 Å². The van der Waals surface area contributed by atoms with Crippen LogP contribution >= 0.6 is 0 Å². The van der Waals surface area contributed by atoms with E-state index in [1.807, 2.05) is 32.2 Å². The van der Waals surface area contributed by atoms with Crippen LogP contribution in [0.2, 0.25) is 0 Å². The van der Waals surface area contributed by atoms with E-state index >= 15 is 0 Å². The largest absolute Gasteiger partial charge is 0.388 e. The fraction of sp³-hybridized carbons (Fsp3) is 0.375. The van der Waals surface area contributed by atoms with E-state index in [1.165, 1.54) is 0 Å². The van der Waals surface area contributed by atoms with Gasteiger partial charge in [-0.1, -0.05) is 12.1 Å². The minimum atomic E-state index is -0.583. The van der Waals surface area contributed by atoms with E-state index in [4.69, 9.17) is 0 Å². The van der Waals surface area contributed by atoms with Gasteiger partial charge in [-0.15, -0.1) is 0 Å². The standard InChI is InChI=1S/C16H20N4O/c1-4-20-14-8-6-5-7-13(14)18-16(20)9-15(21)12-10-17-19(3)11(12)2/h5-8,10,15,21H,4,9H2,1-3H3. The van der Waals surface area contributed by atoms with E-state index in [0.29, 0.717) is 6.42 Å². The molecule has 1 unspecified atom stereocenters. The fourth-order valence-electron chi connectivity index (χ4n) is 2.76. The topological polar surface area (TPSA) is 55.9 Å². The zero-order chi connectivity index (χ0) is 15.0. The highest BCUT2D eigenvalue weighted by Gasteiger charge is 2.18. The molecule has 5 heteroatoms. The molecule has 0 bridgehead atoms. The highest BCUT2D eigenvalue weighted by molar-refractivity contribution is 5.75. The molecule has 0 saturated carbocycles. The summed E-state index contributed by atoms with van der Waals surface area (Å²) in [5.74, 6) is 0.912. The quantitative estimate of drug-likeness (QED) is 0.800. The summed E-state index contributed by atoms with van der Waals surface area (Å²) in [4.78, 5) is 4.66. The number of aliphatic hydroxyl groups excluding tert-OH is 1. The minimum absolute atomic E-state index is 0.495. The van der Waals surface area contributed by atoms with Gasteiger partial charge in [0.1, 0.15) is 5.82 Å². The molecule has 0 spiro atoms. The van der Waals surface area contributed by atoms with Crippen LogP contribution in [0.15, 0.2) is 30.5 Å². The van der Waals surface area contributed by atoms with Crippen molar-refractivity contribution in [2.75, 3.05) is 0 Å². The molecule has 1 aromatic carbocycles. The molecule has 0 saturated heterocycles. The number of hydrogen-bond donors (Lipinski definition) is 1. The zero-order valence-electron chi connectivity index (χ0n) is 12.6. The fourth-order valence-corrected chi connectivity index (χ4v) is 2.76. The van der Waals surface area contributed by atoms with Crippen molar-refractivity contribution in [3.63, 3.8) is 0 Å². The minimum Gasteiger partial charge on any atom is -0.388 e. The predicted octanol–water partition coefficient (Wildman–Crippen LogP) is 2.37. The van der Waals surface area contributed by atoms with Gasteiger partial charge in [-0.2, -0.15) is 5.10 Å². The number of para-hydroxylation sites is 2. The van der Waals surface area contributed by atoms with Crippen molar-refractivity contribution in [1.82, 2.24) is 19.3 Å². The van der Waals surface area contributed by atoms with Gasteiger partial charge in [0.2, 0.25) is 0 Å². The summed E-state index contributed by atoms with van der Waals surface area (Å²) in [5.41, 5.74) is 3.95. The number of hydrogen-bond acceptors (Lipinski definition) is 3. The Morgan fingerprint density at radius 3 is 2.71 bits per heavy atom. The summed E-state index contributed by atoms with van der Waals surface area (Å²) in [6, 6.07) is 8.08. The molecule has 3 rings (SSSR count). The van der Waals surface area contributed by atoms with Gasteiger partial charge in [0.05, 0.1) is 23.3 Å². The van der Waals surface area contributed by atoms with Gasteiger partial charge >= 0.3 is 0 Å². The number of imidazole rings is 1. The number of aromatic nitrogens is 4. The predicted molar refractivity (Wildman–Crippen MR) is 82.0 cm³/mol. The summed E-state index contributed by atoms with van der Waals surface area (Å²) in [6.07, 6.45) is 1.65. The van der Waals surface area contributed by atoms with Crippen LogP contribution < -0.4 is 0 Å². The average molecular weight is 284 g/mol. The lowest BCUT2D eigenvalue weighted by Crippen LogP contribution is -2.09. The van der Waals surface area contributed by atoms with Crippen LogP contribution in [0.25, 0.3) is 11.0 Å². The first kappa shape index (κ1) is 13.8. The molecule has 1 atom stereocenters. The van der Waals surface area contributed by atoms with Gasteiger partial charge < -0.3 is 9.67 Å². The van der Waals surface area contributed by atoms with Gasteiger partial charge in [-0.05, 0) is 26.0 Å². The smallest absolute Gasteiger partial charge is 0.112 e. The second-order valence-corrected chi connectivity index (χ2v) is 5.29. The molecule has 0 radical (unpaired) electrons. The second kappa shape index (κ2) is 5.33. The SMILES string of the molecule is CCn1c(CC(O)c2cnn(C)c2C)nc2ccccc21. The normalized spacial score (nSPS) is 13.0. The van der Waals surface area contributed by atoms with E-state index in [1.54, 1.807) is 10.9 Å².